The van der Waals surface area contributed by atoms with E-state index in [1.165, 1.54) is 11.3 Å². The fourth-order valence-corrected chi connectivity index (χ4v) is 3.41. The van der Waals surface area contributed by atoms with E-state index in [1.54, 1.807) is 24.3 Å². The number of rotatable bonds is 5. The maximum absolute atomic E-state index is 12.3. The average Bonchev–Trinajstić information content (AvgIpc) is 3.22. The molecule has 0 saturated carbocycles. The number of hydrogen-bond acceptors (Lipinski definition) is 6. The molecule has 7 heteroatoms. The lowest BCUT2D eigenvalue weighted by atomic mass is 10.1. The first-order chi connectivity index (χ1) is 12.2. The molecule has 0 aliphatic carbocycles. The van der Waals surface area contributed by atoms with Crippen LogP contribution in [0.25, 0.3) is 0 Å². The molecule has 1 N–H and O–H groups in total. The Kier molecular flexibility index (Phi) is 4.31. The van der Waals surface area contributed by atoms with Gasteiger partial charge >= 0.3 is 0 Å². The Balaban J connectivity index is 1.33. The number of piperidine rings is 1. The van der Waals surface area contributed by atoms with Crippen LogP contribution in [0.5, 0.6) is 0 Å². The Morgan fingerprint density at radius 1 is 1.16 bits per heavy atom. The van der Waals surface area contributed by atoms with E-state index in [0.717, 1.165) is 19.4 Å². The topological polar surface area (TPSA) is 88.3 Å². The number of aryl methyl sites for hydroxylation is 1. The molecule has 2 aliphatic heterocycles. The van der Waals surface area contributed by atoms with Crippen molar-refractivity contribution < 1.29 is 14.1 Å². The zero-order chi connectivity index (χ0) is 17.2. The lowest BCUT2D eigenvalue weighted by Crippen LogP contribution is -2.31. The molecule has 1 unspecified atom stereocenters. The monoisotopic (exact) mass is 340 g/mol. The van der Waals surface area contributed by atoms with Gasteiger partial charge in [0.1, 0.15) is 0 Å². The Bertz CT molecular complexity index is 760. The second-order valence-corrected chi connectivity index (χ2v) is 6.46. The molecule has 1 aromatic heterocycles. The molecule has 0 radical (unpaired) electrons. The summed E-state index contributed by atoms with van der Waals surface area (Å²) in [6, 6.07) is 7.07. The van der Waals surface area contributed by atoms with Crippen LogP contribution in [0, 0.1) is 0 Å². The highest BCUT2D eigenvalue weighted by atomic mass is 16.5. The third-order valence-corrected chi connectivity index (χ3v) is 4.75. The van der Waals surface area contributed by atoms with Crippen molar-refractivity contribution in [1.82, 2.24) is 20.4 Å². The molecule has 1 fully saturated rings. The van der Waals surface area contributed by atoms with Gasteiger partial charge in [0.05, 0.1) is 17.2 Å². The molecular formula is C18H20N4O3. The van der Waals surface area contributed by atoms with Gasteiger partial charge < -0.3 is 9.84 Å². The summed E-state index contributed by atoms with van der Waals surface area (Å²) >= 11 is 0. The molecule has 1 atom stereocenters. The van der Waals surface area contributed by atoms with Gasteiger partial charge in [-0.05, 0) is 37.9 Å². The third kappa shape index (κ3) is 3.07. The number of fused-ring (bicyclic) bond motifs is 1. The van der Waals surface area contributed by atoms with Gasteiger partial charge in [-0.25, -0.2) is 0 Å². The van der Waals surface area contributed by atoms with Gasteiger partial charge in [0, 0.05) is 13.0 Å². The second kappa shape index (κ2) is 6.76. The Labute approximate surface area is 145 Å². The summed E-state index contributed by atoms with van der Waals surface area (Å²) in [6.07, 6.45) is 4.54. The molecule has 1 saturated heterocycles. The number of carbonyl (C=O) groups is 2. The van der Waals surface area contributed by atoms with Crippen molar-refractivity contribution in [2.75, 3.05) is 13.1 Å². The minimum atomic E-state index is -0.221. The SMILES string of the molecule is O=C1c2ccccc2C(=O)N1CCCc1noc(C2CCCCN2)n1. The van der Waals surface area contributed by atoms with Gasteiger partial charge in [-0.1, -0.05) is 23.7 Å². The largest absolute Gasteiger partial charge is 0.338 e. The first kappa shape index (κ1) is 16.0. The molecule has 2 aromatic rings. The number of aromatic nitrogens is 2. The van der Waals surface area contributed by atoms with E-state index in [-0.39, 0.29) is 17.9 Å². The van der Waals surface area contributed by atoms with E-state index in [2.05, 4.69) is 15.5 Å². The van der Waals surface area contributed by atoms with Crippen LogP contribution < -0.4 is 5.32 Å². The van der Waals surface area contributed by atoms with Crippen molar-refractivity contribution in [2.24, 2.45) is 0 Å². The van der Waals surface area contributed by atoms with Gasteiger partial charge in [0.25, 0.3) is 11.8 Å². The van der Waals surface area contributed by atoms with E-state index in [0.29, 0.717) is 42.2 Å². The van der Waals surface area contributed by atoms with E-state index in [9.17, 15) is 9.59 Å². The van der Waals surface area contributed by atoms with Crippen LogP contribution in [-0.4, -0.2) is 39.9 Å². The molecule has 3 heterocycles. The number of imide groups is 1. The number of nitrogens with one attached hydrogen (secondary N) is 1. The zero-order valence-corrected chi connectivity index (χ0v) is 13.9. The molecule has 2 aliphatic rings. The van der Waals surface area contributed by atoms with Crippen LogP contribution in [0.4, 0.5) is 0 Å². The lowest BCUT2D eigenvalue weighted by molar-refractivity contribution is 0.0652. The Hall–Kier alpha value is -2.54. The highest BCUT2D eigenvalue weighted by Gasteiger charge is 2.34. The highest BCUT2D eigenvalue weighted by molar-refractivity contribution is 6.21. The van der Waals surface area contributed by atoms with Crippen LogP contribution in [-0.2, 0) is 6.42 Å². The van der Waals surface area contributed by atoms with Crippen LogP contribution in [0.2, 0.25) is 0 Å². The standard InChI is InChI=1S/C18H20N4O3/c23-17-12-6-1-2-7-13(12)18(24)22(17)11-5-9-15-20-16(25-21-15)14-8-3-4-10-19-14/h1-2,6-7,14,19H,3-5,8-11H2. The normalized spacial score (nSPS) is 20.2. The third-order valence-electron chi connectivity index (χ3n) is 4.75. The van der Waals surface area contributed by atoms with Crippen molar-refractivity contribution in [3.8, 4) is 0 Å². The van der Waals surface area contributed by atoms with Crippen molar-refractivity contribution in [3.05, 3.63) is 47.1 Å². The maximum Gasteiger partial charge on any atom is 0.261 e. The number of hydrogen-bond donors (Lipinski definition) is 1. The van der Waals surface area contributed by atoms with E-state index < -0.39 is 0 Å². The molecule has 7 nitrogen and oxygen atoms in total. The minimum Gasteiger partial charge on any atom is -0.338 e. The number of amides is 2. The summed E-state index contributed by atoms with van der Waals surface area (Å²) in [5.41, 5.74) is 0.968. The van der Waals surface area contributed by atoms with Crippen LogP contribution >= 0.6 is 0 Å². The highest BCUT2D eigenvalue weighted by Crippen LogP contribution is 2.23. The Morgan fingerprint density at radius 3 is 2.60 bits per heavy atom. The summed E-state index contributed by atoms with van der Waals surface area (Å²) in [6.45, 7) is 1.33. The zero-order valence-electron chi connectivity index (χ0n) is 13.9. The van der Waals surface area contributed by atoms with Crippen LogP contribution in [0.1, 0.15) is 64.2 Å². The van der Waals surface area contributed by atoms with Crippen LogP contribution in [0.3, 0.4) is 0 Å². The first-order valence-corrected chi connectivity index (χ1v) is 8.75. The fourth-order valence-electron chi connectivity index (χ4n) is 3.41. The Morgan fingerprint density at radius 2 is 1.92 bits per heavy atom. The first-order valence-electron chi connectivity index (χ1n) is 8.75. The molecule has 1 aromatic carbocycles. The lowest BCUT2D eigenvalue weighted by Gasteiger charge is -2.19. The predicted molar refractivity (Wildman–Crippen MR) is 89.0 cm³/mol. The van der Waals surface area contributed by atoms with Crippen molar-refractivity contribution >= 4 is 11.8 Å². The van der Waals surface area contributed by atoms with Gasteiger partial charge in [-0.15, -0.1) is 0 Å². The van der Waals surface area contributed by atoms with E-state index in [4.69, 9.17) is 4.52 Å². The molecule has 25 heavy (non-hydrogen) atoms. The maximum atomic E-state index is 12.3. The van der Waals surface area contributed by atoms with Crippen LogP contribution in [0.15, 0.2) is 28.8 Å². The van der Waals surface area contributed by atoms with Crippen molar-refractivity contribution in [3.63, 3.8) is 0 Å². The molecule has 0 bridgehead atoms. The van der Waals surface area contributed by atoms with Gasteiger partial charge in [-0.3, -0.25) is 14.5 Å². The molecule has 0 spiro atoms. The minimum absolute atomic E-state index is 0.145. The number of nitrogens with zero attached hydrogens (tertiary/aromatic N) is 3. The molecule has 2 amide bonds. The summed E-state index contributed by atoms with van der Waals surface area (Å²) in [7, 11) is 0. The van der Waals surface area contributed by atoms with Crippen molar-refractivity contribution in [1.29, 1.82) is 0 Å². The summed E-state index contributed by atoms with van der Waals surface area (Å²) in [5, 5.41) is 7.40. The summed E-state index contributed by atoms with van der Waals surface area (Å²) in [4.78, 5) is 30.4. The number of benzene rings is 1. The molecular weight excluding hydrogens is 320 g/mol. The fraction of sp³-hybridized carbons (Fsp3) is 0.444. The summed E-state index contributed by atoms with van der Waals surface area (Å²) in [5.74, 6) is 0.816. The second-order valence-electron chi connectivity index (χ2n) is 6.46. The van der Waals surface area contributed by atoms with Crippen molar-refractivity contribution in [2.45, 2.75) is 38.1 Å². The molecule has 4 rings (SSSR count). The van der Waals surface area contributed by atoms with E-state index >= 15 is 0 Å². The van der Waals surface area contributed by atoms with Gasteiger partial charge in [0.15, 0.2) is 5.82 Å². The van der Waals surface area contributed by atoms with Gasteiger partial charge in [0.2, 0.25) is 5.89 Å². The number of carbonyl (C=O) groups excluding carboxylic acids is 2. The van der Waals surface area contributed by atoms with Gasteiger partial charge in [-0.2, -0.15) is 4.98 Å². The van der Waals surface area contributed by atoms with E-state index in [1.807, 2.05) is 0 Å². The predicted octanol–water partition coefficient (Wildman–Crippen LogP) is 2.11. The summed E-state index contributed by atoms with van der Waals surface area (Å²) < 4.78 is 5.35. The smallest absolute Gasteiger partial charge is 0.261 e. The average molecular weight is 340 g/mol. The quantitative estimate of drug-likeness (QED) is 0.839. The molecule has 130 valence electrons.